The van der Waals surface area contributed by atoms with Crippen LogP contribution in [0.1, 0.15) is 24.3 Å². The van der Waals surface area contributed by atoms with Crippen LogP contribution in [0.15, 0.2) is 24.3 Å². The van der Waals surface area contributed by atoms with Crippen molar-refractivity contribution in [3.63, 3.8) is 0 Å². The van der Waals surface area contributed by atoms with Gasteiger partial charge in [-0.2, -0.15) is 5.26 Å². The lowest BCUT2D eigenvalue weighted by atomic mass is 10.0. The van der Waals surface area contributed by atoms with Gasteiger partial charge in [-0.15, -0.1) is 0 Å². The summed E-state index contributed by atoms with van der Waals surface area (Å²) in [6.45, 7) is 6.71. The third kappa shape index (κ3) is 3.89. The van der Waals surface area contributed by atoms with Crippen molar-refractivity contribution < 1.29 is 5.11 Å². The van der Waals surface area contributed by atoms with Crippen molar-refractivity contribution in [2.45, 2.75) is 24.8 Å². The van der Waals surface area contributed by atoms with Gasteiger partial charge in [0.15, 0.2) is 0 Å². The number of aliphatic hydroxyl groups excluding tert-OH is 1. The lowest BCUT2D eigenvalue weighted by Gasteiger charge is -2.42. The number of aliphatic hydroxyl groups is 1. The highest BCUT2D eigenvalue weighted by Gasteiger charge is 2.26. The molecule has 0 aliphatic carbocycles. The van der Waals surface area contributed by atoms with Crippen LogP contribution in [-0.2, 0) is 0 Å². The van der Waals surface area contributed by atoms with Gasteiger partial charge in [0.05, 0.1) is 18.6 Å². The molecule has 2 aliphatic rings. The molecule has 1 unspecified atom stereocenters. The van der Waals surface area contributed by atoms with Gasteiger partial charge in [-0.1, -0.05) is 12.1 Å². The molecular formula is C19H28N4O. The molecule has 0 saturated carbocycles. The molecule has 0 bridgehead atoms. The van der Waals surface area contributed by atoms with Crippen molar-refractivity contribution >= 4 is 5.69 Å². The van der Waals surface area contributed by atoms with Gasteiger partial charge in [-0.25, -0.2) is 0 Å². The van der Waals surface area contributed by atoms with Crippen LogP contribution >= 0.6 is 0 Å². The fourth-order valence-corrected chi connectivity index (χ4v) is 3.84. The fourth-order valence-electron chi connectivity index (χ4n) is 3.84. The van der Waals surface area contributed by atoms with Crippen LogP contribution in [0, 0.1) is 11.3 Å². The largest absolute Gasteiger partial charge is 0.395 e. The summed E-state index contributed by atoms with van der Waals surface area (Å²) in [5, 5.41) is 18.3. The molecule has 0 aromatic heterocycles. The number of nitriles is 1. The van der Waals surface area contributed by atoms with Gasteiger partial charge < -0.3 is 14.9 Å². The molecule has 1 N–H and O–H groups in total. The summed E-state index contributed by atoms with van der Waals surface area (Å²) in [5.74, 6) is -0.416. The average molecular weight is 328 g/mol. The highest BCUT2D eigenvalue weighted by molar-refractivity contribution is 5.49. The first-order valence-corrected chi connectivity index (χ1v) is 8.99. The molecule has 0 radical (unpaired) electrons. The molecule has 3 rings (SSSR count). The third-order valence-electron chi connectivity index (χ3n) is 5.52. The van der Waals surface area contributed by atoms with E-state index >= 15 is 0 Å². The Kier molecular flexibility index (Phi) is 5.72. The first-order valence-electron chi connectivity index (χ1n) is 8.99. The van der Waals surface area contributed by atoms with E-state index in [1.165, 1.54) is 31.6 Å². The zero-order chi connectivity index (χ0) is 16.9. The lowest BCUT2D eigenvalue weighted by Crippen LogP contribution is -2.53. The summed E-state index contributed by atoms with van der Waals surface area (Å²) in [4.78, 5) is 7.51. The molecule has 1 aromatic carbocycles. The molecule has 5 heteroatoms. The molecule has 2 fully saturated rings. The maximum Gasteiger partial charge on any atom is 0.0943 e. The number of rotatable bonds is 4. The molecule has 5 nitrogen and oxygen atoms in total. The number of benzene rings is 1. The van der Waals surface area contributed by atoms with Crippen molar-refractivity contribution in [3.05, 3.63) is 29.8 Å². The highest BCUT2D eigenvalue weighted by Crippen LogP contribution is 2.23. The summed E-state index contributed by atoms with van der Waals surface area (Å²) >= 11 is 0. The van der Waals surface area contributed by atoms with Crippen LogP contribution < -0.4 is 4.90 Å². The summed E-state index contributed by atoms with van der Waals surface area (Å²) in [7, 11) is 2.21. The Hall–Kier alpha value is -1.61. The summed E-state index contributed by atoms with van der Waals surface area (Å²) in [6, 6.07) is 11.0. The monoisotopic (exact) mass is 328 g/mol. The quantitative estimate of drug-likeness (QED) is 0.908. The molecule has 2 saturated heterocycles. The van der Waals surface area contributed by atoms with Gasteiger partial charge in [0, 0.05) is 37.9 Å². The van der Waals surface area contributed by atoms with E-state index in [1.807, 2.05) is 12.1 Å². The first-order chi connectivity index (χ1) is 11.7. The molecule has 2 aliphatic heterocycles. The number of hydrogen-bond donors (Lipinski definition) is 1. The predicted molar refractivity (Wildman–Crippen MR) is 96.2 cm³/mol. The van der Waals surface area contributed by atoms with Crippen LogP contribution in [0.5, 0.6) is 0 Å². The summed E-state index contributed by atoms with van der Waals surface area (Å²) in [5.41, 5.74) is 2.12. The Morgan fingerprint density at radius 2 is 1.71 bits per heavy atom. The lowest BCUT2D eigenvalue weighted by molar-refractivity contribution is 0.115. The number of hydrogen-bond acceptors (Lipinski definition) is 5. The zero-order valence-electron chi connectivity index (χ0n) is 14.6. The molecule has 1 atom stereocenters. The number of anilines is 1. The van der Waals surface area contributed by atoms with Crippen LogP contribution in [0.3, 0.4) is 0 Å². The van der Waals surface area contributed by atoms with Crippen LogP contribution in [-0.4, -0.2) is 73.9 Å². The van der Waals surface area contributed by atoms with E-state index in [1.54, 1.807) is 0 Å². The average Bonchev–Trinajstić information content (AvgIpc) is 2.64. The second-order valence-corrected chi connectivity index (χ2v) is 7.01. The van der Waals surface area contributed by atoms with Gasteiger partial charge in [-0.05, 0) is 50.7 Å². The standard InChI is InChI=1S/C19H28N4O/c1-21-8-6-19(7-9-21)23-12-10-22(11-13-23)18-4-2-16(3-5-18)17(14-20)15-24/h2-5,17,19,24H,6-13,15H2,1H3. The molecule has 24 heavy (non-hydrogen) atoms. The Labute approximate surface area is 145 Å². The maximum absolute atomic E-state index is 9.23. The topological polar surface area (TPSA) is 53.7 Å². The highest BCUT2D eigenvalue weighted by atomic mass is 16.3. The first kappa shape index (κ1) is 17.2. The van der Waals surface area contributed by atoms with Crippen molar-refractivity contribution in [3.8, 4) is 6.07 Å². The van der Waals surface area contributed by atoms with Crippen molar-refractivity contribution in [1.82, 2.24) is 9.80 Å². The minimum Gasteiger partial charge on any atom is -0.395 e. The second-order valence-electron chi connectivity index (χ2n) is 7.01. The van der Waals surface area contributed by atoms with E-state index in [0.717, 1.165) is 37.8 Å². The normalized spacial score (nSPS) is 22.3. The van der Waals surface area contributed by atoms with Crippen LogP contribution in [0.4, 0.5) is 5.69 Å². The Morgan fingerprint density at radius 3 is 2.25 bits per heavy atom. The molecule has 0 spiro atoms. The van der Waals surface area contributed by atoms with Gasteiger partial charge in [-0.3, -0.25) is 4.90 Å². The van der Waals surface area contributed by atoms with E-state index in [2.05, 4.69) is 39.9 Å². The van der Waals surface area contributed by atoms with Crippen molar-refractivity contribution in [2.75, 3.05) is 57.8 Å². The van der Waals surface area contributed by atoms with E-state index in [0.29, 0.717) is 0 Å². The second kappa shape index (κ2) is 7.98. The van der Waals surface area contributed by atoms with E-state index < -0.39 is 5.92 Å². The molecular weight excluding hydrogens is 300 g/mol. The summed E-state index contributed by atoms with van der Waals surface area (Å²) < 4.78 is 0. The van der Waals surface area contributed by atoms with Crippen molar-refractivity contribution in [1.29, 1.82) is 5.26 Å². The smallest absolute Gasteiger partial charge is 0.0943 e. The Balaban J connectivity index is 1.54. The molecule has 1 aromatic rings. The van der Waals surface area contributed by atoms with E-state index in [4.69, 9.17) is 5.26 Å². The molecule has 0 amide bonds. The zero-order valence-corrected chi connectivity index (χ0v) is 14.6. The van der Waals surface area contributed by atoms with Gasteiger partial charge >= 0.3 is 0 Å². The molecule has 130 valence electrons. The number of likely N-dealkylation sites (tertiary alicyclic amines) is 1. The van der Waals surface area contributed by atoms with E-state index in [-0.39, 0.29) is 6.61 Å². The minimum absolute atomic E-state index is 0.120. The van der Waals surface area contributed by atoms with Crippen LogP contribution in [0.25, 0.3) is 0 Å². The predicted octanol–water partition coefficient (Wildman–Crippen LogP) is 1.50. The fraction of sp³-hybridized carbons (Fsp3) is 0.632. The SMILES string of the molecule is CN1CCC(N2CCN(c3ccc(C(C#N)CO)cc3)CC2)CC1. The third-order valence-corrected chi connectivity index (χ3v) is 5.52. The maximum atomic E-state index is 9.23. The van der Waals surface area contributed by atoms with Crippen LogP contribution in [0.2, 0.25) is 0 Å². The summed E-state index contributed by atoms with van der Waals surface area (Å²) in [6.07, 6.45) is 2.59. The van der Waals surface area contributed by atoms with E-state index in [9.17, 15) is 5.11 Å². The minimum atomic E-state index is -0.416. The van der Waals surface area contributed by atoms with Gasteiger partial charge in [0.1, 0.15) is 0 Å². The number of piperidine rings is 1. The van der Waals surface area contributed by atoms with Crippen molar-refractivity contribution in [2.24, 2.45) is 0 Å². The molecule has 2 heterocycles. The number of nitrogens with zero attached hydrogens (tertiary/aromatic N) is 4. The number of piperazine rings is 1. The Morgan fingerprint density at radius 1 is 1.08 bits per heavy atom. The van der Waals surface area contributed by atoms with Gasteiger partial charge in [0.25, 0.3) is 0 Å². The Bertz CT molecular complexity index is 552. The van der Waals surface area contributed by atoms with Gasteiger partial charge in [0.2, 0.25) is 0 Å².